The molecule has 0 saturated heterocycles. The second-order valence-corrected chi connectivity index (χ2v) is 6.28. The molecule has 8 heteroatoms. The fraction of sp³-hybridized carbons (Fsp3) is 0.222. The van der Waals surface area contributed by atoms with E-state index >= 15 is 0 Å². The van der Waals surface area contributed by atoms with Gasteiger partial charge in [0.05, 0.1) is 12.9 Å². The Morgan fingerprint density at radius 2 is 2.04 bits per heavy atom. The van der Waals surface area contributed by atoms with Gasteiger partial charge >= 0.3 is 0 Å². The lowest BCUT2D eigenvalue weighted by Crippen LogP contribution is -2.14. The second kappa shape index (κ2) is 8.48. The first kappa shape index (κ1) is 17.9. The molecule has 1 amide bonds. The largest absolute Gasteiger partial charge is 0.481 e. The topological polar surface area (TPSA) is 81.9 Å². The van der Waals surface area contributed by atoms with E-state index in [2.05, 4.69) is 20.5 Å². The van der Waals surface area contributed by atoms with Gasteiger partial charge in [0.2, 0.25) is 11.8 Å². The molecule has 0 atom stereocenters. The maximum Gasteiger partial charge on any atom is 0.234 e. The van der Waals surface area contributed by atoms with Gasteiger partial charge in [-0.15, -0.1) is 10.2 Å². The van der Waals surface area contributed by atoms with Crippen LogP contribution in [0.2, 0.25) is 0 Å². The summed E-state index contributed by atoms with van der Waals surface area (Å²) in [5, 5.41) is 12.1. The molecule has 0 saturated carbocycles. The van der Waals surface area contributed by atoms with Gasteiger partial charge in [-0.25, -0.2) is 4.98 Å². The molecule has 0 spiro atoms. The van der Waals surface area contributed by atoms with Crippen LogP contribution in [0.5, 0.6) is 5.88 Å². The number of para-hydroxylation sites is 1. The summed E-state index contributed by atoms with van der Waals surface area (Å²) in [6.07, 6.45) is 1.67. The molecule has 2 heterocycles. The summed E-state index contributed by atoms with van der Waals surface area (Å²) in [6, 6.07) is 13.0. The van der Waals surface area contributed by atoms with Crippen LogP contribution in [0.15, 0.2) is 53.8 Å². The molecule has 3 aromatic rings. The van der Waals surface area contributed by atoms with Crippen molar-refractivity contribution in [3.8, 4) is 17.3 Å². The first-order chi connectivity index (χ1) is 12.7. The van der Waals surface area contributed by atoms with Crippen LogP contribution in [0.1, 0.15) is 6.92 Å². The molecule has 0 aliphatic rings. The van der Waals surface area contributed by atoms with Gasteiger partial charge in [-0.05, 0) is 25.1 Å². The Morgan fingerprint density at radius 1 is 1.23 bits per heavy atom. The van der Waals surface area contributed by atoms with E-state index in [0.717, 1.165) is 17.1 Å². The quantitative estimate of drug-likeness (QED) is 0.645. The summed E-state index contributed by atoms with van der Waals surface area (Å²) in [6.45, 7) is 2.70. The highest BCUT2D eigenvalue weighted by atomic mass is 32.2. The van der Waals surface area contributed by atoms with E-state index in [4.69, 9.17) is 4.74 Å². The summed E-state index contributed by atoms with van der Waals surface area (Å²) in [5.41, 5.74) is 1.64. The molecule has 0 bridgehead atoms. The number of amides is 1. The second-order valence-electron chi connectivity index (χ2n) is 5.34. The maximum atomic E-state index is 12.1. The zero-order chi connectivity index (χ0) is 18.4. The molecule has 0 aliphatic heterocycles. The van der Waals surface area contributed by atoms with Gasteiger partial charge < -0.3 is 14.6 Å². The Kier molecular flexibility index (Phi) is 5.85. The van der Waals surface area contributed by atoms with Crippen molar-refractivity contribution in [3.05, 3.63) is 48.7 Å². The van der Waals surface area contributed by atoms with Crippen LogP contribution >= 0.6 is 11.8 Å². The van der Waals surface area contributed by atoms with E-state index in [0.29, 0.717) is 17.6 Å². The Bertz CT molecular complexity index is 882. The van der Waals surface area contributed by atoms with E-state index < -0.39 is 0 Å². The molecular weight excluding hydrogens is 350 g/mol. The number of nitrogens with one attached hydrogen (secondary N) is 1. The van der Waals surface area contributed by atoms with Gasteiger partial charge in [-0.1, -0.05) is 30.0 Å². The number of carbonyl (C=O) groups excluding carboxylic acids is 1. The number of hydrogen-bond donors (Lipinski definition) is 1. The molecular formula is C18H19N5O2S. The monoisotopic (exact) mass is 369 g/mol. The highest BCUT2D eigenvalue weighted by Gasteiger charge is 2.15. The van der Waals surface area contributed by atoms with E-state index in [-0.39, 0.29) is 11.7 Å². The first-order valence-electron chi connectivity index (χ1n) is 8.12. The van der Waals surface area contributed by atoms with Crippen molar-refractivity contribution in [1.82, 2.24) is 19.7 Å². The average Bonchev–Trinajstić information content (AvgIpc) is 3.10. The molecule has 3 rings (SSSR count). The van der Waals surface area contributed by atoms with Crippen LogP contribution in [0, 0.1) is 0 Å². The predicted molar refractivity (Wildman–Crippen MR) is 101 cm³/mol. The van der Waals surface area contributed by atoms with Gasteiger partial charge in [-0.3, -0.25) is 4.79 Å². The number of nitrogens with zero attached hydrogens (tertiary/aromatic N) is 4. The SMILES string of the molecule is CCn1c(SCC(=O)Nc2ccccc2)nnc1-c1ccnc(OC)c1. The minimum atomic E-state index is -0.0843. The number of hydrogen-bond acceptors (Lipinski definition) is 6. The van der Waals surface area contributed by atoms with Crippen molar-refractivity contribution in [3.63, 3.8) is 0 Å². The third-order valence-corrected chi connectivity index (χ3v) is 4.59. The maximum absolute atomic E-state index is 12.1. The first-order valence-corrected chi connectivity index (χ1v) is 9.11. The van der Waals surface area contributed by atoms with Crippen molar-refractivity contribution in [2.75, 3.05) is 18.2 Å². The van der Waals surface area contributed by atoms with Crippen LogP contribution in [0.3, 0.4) is 0 Å². The number of benzene rings is 1. The Morgan fingerprint density at radius 3 is 2.77 bits per heavy atom. The molecule has 0 fully saturated rings. The molecule has 134 valence electrons. The number of methoxy groups -OCH3 is 1. The summed E-state index contributed by atoms with van der Waals surface area (Å²) in [7, 11) is 1.57. The van der Waals surface area contributed by atoms with Crippen molar-refractivity contribution >= 4 is 23.4 Å². The van der Waals surface area contributed by atoms with Crippen LogP contribution in [0.4, 0.5) is 5.69 Å². The van der Waals surface area contributed by atoms with Gasteiger partial charge in [0.15, 0.2) is 11.0 Å². The molecule has 0 radical (unpaired) electrons. The van der Waals surface area contributed by atoms with Crippen LogP contribution in [-0.2, 0) is 11.3 Å². The number of anilines is 1. The van der Waals surface area contributed by atoms with Gasteiger partial charge in [-0.2, -0.15) is 0 Å². The Labute approximate surface area is 155 Å². The number of ether oxygens (including phenoxy) is 1. The van der Waals surface area contributed by atoms with Crippen molar-refractivity contribution in [1.29, 1.82) is 0 Å². The van der Waals surface area contributed by atoms with Gasteiger partial charge in [0, 0.05) is 30.1 Å². The summed E-state index contributed by atoms with van der Waals surface area (Å²) in [4.78, 5) is 16.2. The van der Waals surface area contributed by atoms with Crippen molar-refractivity contribution in [2.24, 2.45) is 0 Å². The highest BCUT2D eigenvalue weighted by Crippen LogP contribution is 2.25. The smallest absolute Gasteiger partial charge is 0.234 e. The lowest BCUT2D eigenvalue weighted by molar-refractivity contribution is -0.113. The molecule has 1 aromatic carbocycles. The minimum absolute atomic E-state index is 0.0843. The minimum Gasteiger partial charge on any atom is -0.481 e. The highest BCUT2D eigenvalue weighted by molar-refractivity contribution is 7.99. The zero-order valence-electron chi connectivity index (χ0n) is 14.5. The van der Waals surface area contributed by atoms with E-state index in [1.54, 1.807) is 13.3 Å². The Hall–Kier alpha value is -2.87. The predicted octanol–water partition coefficient (Wildman–Crippen LogP) is 3.10. The third-order valence-electron chi connectivity index (χ3n) is 3.63. The fourth-order valence-corrected chi connectivity index (χ4v) is 3.21. The summed E-state index contributed by atoms with van der Waals surface area (Å²) < 4.78 is 7.13. The zero-order valence-corrected chi connectivity index (χ0v) is 15.4. The van der Waals surface area contributed by atoms with Gasteiger partial charge in [0.1, 0.15) is 0 Å². The van der Waals surface area contributed by atoms with E-state index in [1.807, 2.05) is 54.0 Å². The molecule has 26 heavy (non-hydrogen) atoms. The number of thioether (sulfide) groups is 1. The lowest BCUT2D eigenvalue weighted by atomic mass is 10.2. The molecule has 2 aromatic heterocycles. The fourth-order valence-electron chi connectivity index (χ4n) is 2.40. The van der Waals surface area contributed by atoms with Crippen LogP contribution in [-0.4, -0.2) is 38.5 Å². The molecule has 7 nitrogen and oxygen atoms in total. The molecule has 0 unspecified atom stereocenters. The Balaban J connectivity index is 1.71. The van der Waals surface area contributed by atoms with Crippen molar-refractivity contribution in [2.45, 2.75) is 18.6 Å². The normalized spacial score (nSPS) is 10.5. The summed E-state index contributed by atoms with van der Waals surface area (Å²) in [5.74, 6) is 1.41. The molecule has 0 aliphatic carbocycles. The number of carbonyl (C=O) groups is 1. The molecule has 1 N–H and O–H groups in total. The van der Waals surface area contributed by atoms with Gasteiger partial charge in [0.25, 0.3) is 0 Å². The van der Waals surface area contributed by atoms with Crippen LogP contribution < -0.4 is 10.1 Å². The lowest BCUT2D eigenvalue weighted by Gasteiger charge is -2.08. The van der Waals surface area contributed by atoms with Crippen LogP contribution in [0.25, 0.3) is 11.4 Å². The van der Waals surface area contributed by atoms with E-state index in [1.165, 1.54) is 11.8 Å². The number of rotatable bonds is 7. The van der Waals surface area contributed by atoms with Crippen molar-refractivity contribution < 1.29 is 9.53 Å². The standard InChI is InChI=1S/C18H19N5O2S/c1-3-23-17(13-9-10-19-16(11-13)25-2)21-22-18(23)26-12-15(24)20-14-7-5-4-6-8-14/h4-11H,3,12H2,1-2H3,(H,20,24). The number of aromatic nitrogens is 4. The number of pyridine rings is 1. The van der Waals surface area contributed by atoms with E-state index in [9.17, 15) is 4.79 Å². The average molecular weight is 369 g/mol. The third kappa shape index (κ3) is 4.20. The summed E-state index contributed by atoms with van der Waals surface area (Å²) >= 11 is 1.35.